The second-order valence-electron chi connectivity index (χ2n) is 7.31. The third-order valence-corrected chi connectivity index (χ3v) is 5.64. The van der Waals surface area contributed by atoms with Gasteiger partial charge in [-0.1, -0.05) is 45.4 Å². The van der Waals surface area contributed by atoms with E-state index in [0.29, 0.717) is 6.42 Å². The van der Waals surface area contributed by atoms with E-state index in [1.807, 2.05) is 53.5 Å². The summed E-state index contributed by atoms with van der Waals surface area (Å²) in [7, 11) is 2.11. The van der Waals surface area contributed by atoms with Gasteiger partial charge in [-0.3, -0.25) is 5.01 Å². The molecule has 0 saturated carbocycles. The van der Waals surface area contributed by atoms with E-state index in [1.54, 1.807) is 0 Å². The van der Waals surface area contributed by atoms with E-state index in [-0.39, 0.29) is 12.1 Å². The molecule has 0 radical (unpaired) electrons. The minimum atomic E-state index is -0.310. The first-order valence-electron chi connectivity index (χ1n) is 9.66. The highest BCUT2D eigenvalue weighted by molar-refractivity contribution is 9.10. The second-order valence-corrected chi connectivity index (χ2v) is 8.23. The Morgan fingerprint density at radius 1 is 1.10 bits per heavy atom. The van der Waals surface area contributed by atoms with Crippen molar-refractivity contribution in [2.24, 2.45) is 15.3 Å². The highest BCUT2D eigenvalue weighted by atomic mass is 79.9. The van der Waals surface area contributed by atoms with Gasteiger partial charge in [-0.05, 0) is 42.4 Å². The van der Waals surface area contributed by atoms with Crippen LogP contribution >= 0.6 is 15.9 Å². The molecule has 0 spiro atoms. The molecular weight excluding hydrogens is 432 g/mol. The molecule has 1 saturated heterocycles. The number of rotatable bonds is 4. The largest absolute Gasteiger partial charge is 0.341 e. The van der Waals surface area contributed by atoms with Crippen molar-refractivity contribution in [3.63, 3.8) is 0 Å². The number of nitrogens with zero attached hydrogens (tertiary/aromatic N) is 5. The summed E-state index contributed by atoms with van der Waals surface area (Å²) in [4.78, 5) is 18.6. The summed E-state index contributed by atoms with van der Waals surface area (Å²) in [6.07, 6.45) is 0.643. The number of amides is 2. The lowest BCUT2D eigenvalue weighted by Gasteiger charge is -2.29. The Balaban J connectivity index is 1.44. The van der Waals surface area contributed by atoms with Crippen LogP contribution in [0.25, 0.3) is 0 Å². The monoisotopic (exact) mass is 454 g/mol. The molecule has 8 heteroatoms. The molecule has 1 unspecified atom stereocenters. The number of carbonyl (C=O) groups is 1. The van der Waals surface area contributed by atoms with Crippen LogP contribution in [-0.4, -0.2) is 54.9 Å². The molecule has 0 bridgehead atoms. The fourth-order valence-electron chi connectivity index (χ4n) is 3.42. The van der Waals surface area contributed by atoms with Crippen molar-refractivity contribution in [3.05, 3.63) is 64.1 Å². The third kappa shape index (κ3) is 5.07. The SMILES string of the molecule is CN1CCN(N=Nc2ccc(C3=NC(=O)NC(c4cccc(Br)c4)C3)cc2)CC1. The fourth-order valence-corrected chi connectivity index (χ4v) is 3.84. The van der Waals surface area contributed by atoms with Gasteiger partial charge in [-0.2, -0.15) is 4.99 Å². The Labute approximate surface area is 178 Å². The number of urea groups is 1. The Morgan fingerprint density at radius 2 is 1.86 bits per heavy atom. The van der Waals surface area contributed by atoms with Crippen molar-refractivity contribution >= 4 is 33.4 Å². The molecule has 29 heavy (non-hydrogen) atoms. The van der Waals surface area contributed by atoms with Crippen LogP contribution in [0.2, 0.25) is 0 Å². The molecule has 2 aromatic rings. The summed E-state index contributed by atoms with van der Waals surface area (Å²) in [5.74, 6) is 0. The minimum absolute atomic E-state index is 0.0934. The summed E-state index contributed by atoms with van der Waals surface area (Å²) in [6.45, 7) is 3.78. The number of aliphatic imine (C=N–C) groups is 1. The van der Waals surface area contributed by atoms with Gasteiger partial charge in [0, 0.05) is 24.0 Å². The summed E-state index contributed by atoms with van der Waals surface area (Å²) in [5, 5.41) is 13.6. The van der Waals surface area contributed by atoms with Gasteiger partial charge in [-0.25, -0.2) is 4.79 Å². The lowest BCUT2D eigenvalue weighted by molar-refractivity contribution is 0.150. The highest BCUT2D eigenvalue weighted by Crippen LogP contribution is 2.26. The maximum Gasteiger partial charge on any atom is 0.341 e. The maximum atomic E-state index is 12.1. The Kier molecular flexibility index (Phi) is 6.01. The van der Waals surface area contributed by atoms with Crippen LogP contribution in [-0.2, 0) is 0 Å². The van der Waals surface area contributed by atoms with Crippen molar-refractivity contribution in [1.82, 2.24) is 15.2 Å². The maximum absolute atomic E-state index is 12.1. The molecule has 1 fully saturated rings. The molecular formula is C21H23BrN6O. The smallest absolute Gasteiger partial charge is 0.329 e. The van der Waals surface area contributed by atoms with Crippen LogP contribution in [0.15, 0.2) is 68.3 Å². The molecule has 2 amide bonds. The first kappa shape index (κ1) is 19.7. The van der Waals surface area contributed by atoms with E-state index >= 15 is 0 Å². The van der Waals surface area contributed by atoms with E-state index in [0.717, 1.165) is 53.2 Å². The van der Waals surface area contributed by atoms with Gasteiger partial charge in [0.05, 0.1) is 30.5 Å². The summed E-state index contributed by atoms with van der Waals surface area (Å²) in [5.41, 5.74) is 3.55. The molecule has 2 aromatic carbocycles. The lowest BCUT2D eigenvalue weighted by atomic mass is 9.96. The zero-order valence-corrected chi connectivity index (χ0v) is 17.8. The standard InChI is InChI=1S/C21H23BrN6O/c1-27-9-11-28(12-10-27)26-25-18-7-5-15(6-8-18)19-14-20(24-21(29)23-19)16-3-2-4-17(22)13-16/h2-8,13,20H,9-12,14H2,1H3,(H,24,29). The van der Waals surface area contributed by atoms with Crippen LogP contribution in [0.3, 0.4) is 0 Å². The summed E-state index contributed by atoms with van der Waals surface area (Å²) < 4.78 is 0.989. The number of piperazine rings is 1. The molecule has 1 N–H and O–H groups in total. The van der Waals surface area contributed by atoms with E-state index in [2.05, 4.69) is 48.5 Å². The summed E-state index contributed by atoms with van der Waals surface area (Å²) in [6, 6.07) is 15.3. The van der Waals surface area contributed by atoms with Crippen molar-refractivity contribution in [2.45, 2.75) is 12.5 Å². The summed E-state index contributed by atoms with van der Waals surface area (Å²) >= 11 is 3.49. The lowest BCUT2D eigenvalue weighted by Crippen LogP contribution is -2.41. The first-order valence-corrected chi connectivity index (χ1v) is 10.5. The molecule has 4 rings (SSSR count). The predicted molar refractivity (Wildman–Crippen MR) is 117 cm³/mol. The minimum Gasteiger partial charge on any atom is -0.329 e. The van der Waals surface area contributed by atoms with Crippen LogP contribution in [0.5, 0.6) is 0 Å². The first-order chi connectivity index (χ1) is 14.1. The van der Waals surface area contributed by atoms with E-state index in [4.69, 9.17) is 0 Å². The van der Waals surface area contributed by atoms with E-state index in [9.17, 15) is 4.79 Å². The van der Waals surface area contributed by atoms with Crippen molar-refractivity contribution in [3.8, 4) is 0 Å². The number of hydrogen-bond donors (Lipinski definition) is 1. The highest BCUT2D eigenvalue weighted by Gasteiger charge is 2.23. The third-order valence-electron chi connectivity index (χ3n) is 5.15. The predicted octanol–water partition coefficient (Wildman–Crippen LogP) is 4.34. The Bertz CT molecular complexity index is 934. The molecule has 2 aliphatic heterocycles. The van der Waals surface area contributed by atoms with Gasteiger partial charge in [-0.15, -0.1) is 5.11 Å². The average molecular weight is 455 g/mol. The molecule has 0 aliphatic carbocycles. The molecule has 2 heterocycles. The van der Waals surface area contributed by atoms with Gasteiger partial charge in [0.25, 0.3) is 0 Å². The van der Waals surface area contributed by atoms with Gasteiger partial charge >= 0.3 is 6.03 Å². The van der Waals surface area contributed by atoms with Crippen molar-refractivity contribution in [2.75, 3.05) is 33.2 Å². The van der Waals surface area contributed by atoms with Crippen LogP contribution in [0.1, 0.15) is 23.6 Å². The van der Waals surface area contributed by atoms with E-state index in [1.165, 1.54) is 0 Å². The van der Waals surface area contributed by atoms with Crippen LogP contribution in [0, 0.1) is 0 Å². The zero-order chi connectivity index (χ0) is 20.2. The van der Waals surface area contributed by atoms with Crippen LogP contribution < -0.4 is 5.32 Å². The quantitative estimate of drug-likeness (QED) is 0.698. The second kappa shape index (κ2) is 8.84. The van der Waals surface area contributed by atoms with Crippen molar-refractivity contribution < 1.29 is 4.79 Å². The Hall–Kier alpha value is -2.58. The molecule has 150 valence electrons. The zero-order valence-electron chi connectivity index (χ0n) is 16.3. The number of hydrogen-bond acceptors (Lipinski definition) is 4. The number of halogens is 1. The normalized spacial score (nSPS) is 20.6. The molecule has 0 aromatic heterocycles. The van der Waals surface area contributed by atoms with E-state index < -0.39 is 0 Å². The fraction of sp³-hybridized carbons (Fsp3) is 0.333. The molecule has 1 atom stereocenters. The van der Waals surface area contributed by atoms with Gasteiger partial charge < -0.3 is 10.2 Å². The number of benzene rings is 2. The van der Waals surface area contributed by atoms with Gasteiger partial charge in [0.2, 0.25) is 0 Å². The average Bonchev–Trinajstić information content (AvgIpc) is 2.73. The topological polar surface area (TPSA) is 72.7 Å². The van der Waals surface area contributed by atoms with Crippen molar-refractivity contribution in [1.29, 1.82) is 0 Å². The number of nitrogens with one attached hydrogen (secondary N) is 1. The Morgan fingerprint density at radius 3 is 2.59 bits per heavy atom. The number of carbonyl (C=O) groups excluding carboxylic acids is 1. The van der Waals surface area contributed by atoms with Crippen LogP contribution in [0.4, 0.5) is 10.5 Å². The molecule has 7 nitrogen and oxygen atoms in total. The molecule has 2 aliphatic rings. The van der Waals surface area contributed by atoms with Gasteiger partial charge in [0.1, 0.15) is 0 Å². The van der Waals surface area contributed by atoms with Gasteiger partial charge in [0.15, 0.2) is 0 Å². The number of likely N-dealkylation sites (N-methyl/N-ethyl adjacent to an activating group) is 1.